The fraction of sp³-hybridized carbons (Fsp3) is 0.320. The third-order valence-corrected chi connectivity index (χ3v) is 5.16. The Labute approximate surface area is 182 Å². The summed E-state index contributed by atoms with van der Waals surface area (Å²) in [5.41, 5.74) is 1.99. The lowest BCUT2D eigenvalue weighted by Gasteiger charge is -2.17. The molecule has 1 aliphatic rings. The second-order valence-corrected chi connectivity index (χ2v) is 8.18. The van der Waals surface area contributed by atoms with Gasteiger partial charge in [-0.1, -0.05) is 61.5 Å². The zero-order valence-electron chi connectivity index (χ0n) is 17.8. The molecule has 160 valence electrons. The average Bonchev–Trinajstić information content (AvgIpc) is 3.52. The Kier molecular flexibility index (Phi) is 6.46. The summed E-state index contributed by atoms with van der Waals surface area (Å²) in [5.74, 6) is 2.30. The molecule has 31 heavy (non-hydrogen) atoms. The van der Waals surface area contributed by atoms with Gasteiger partial charge in [0.05, 0.1) is 0 Å². The molecule has 6 heteroatoms. The number of nitrogens with zero attached hydrogens (tertiary/aromatic N) is 2. The molecule has 1 aromatic heterocycles. The summed E-state index contributed by atoms with van der Waals surface area (Å²) < 4.78 is 11.3. The molecular weight excluding hydrogens is 390 g/mol. The van der Waals surface area contributed by atoms with E-state index in [1.54, 1.807) is 6.08 Å². The van der Waals surface area contributed by atoms with Crippen molar-refractivity contribution in [2.24, 2.45) is 5.92 Å². The van der Waals surface area contributed by atoms with Crippen LogP contribution in [0.3, 0.4) is 0 Å². The standard InChI is InChI=1S/C25H27N3O3/c1-17(2)23(25-27-24(28-31-25)20-12-13-20)26-22(29)14-11-18-9-6-10-21(15-18)30-16-19-7-4-3-5-8-19/h3-11,14-15,17,20,23H,12-13,16H2,1-2H3,(H,26,29)/b14-11+. The molecule has 0 spiro atoms. The number of carbonyl (C=O) groups is 1. The topological polar surface area (TPSA) is 77.2 Å². The van der Waals surface area contributed by atoms with E-state index in [0.717, 1.165) is 35.5 Å². The molecule has 4 rings (SSSR count). The molecule has 1 fully saturated rings. The van der Waals surface area contributed by atoms with E-state index in [1.807, 2.05) is 68.4 Å². The van der Waals surface area contributed by atoms with Gasteiger partial charge in [0.25, 0.3) is 0 Å². The van der Waals surface area contributed by atoms with Crippen molar-refractivity contribution >= 4 is 12.0 Å². The van der Waals surface area contributed by atoms with E-state index >= 15 is 0 Å². The highest BCUT2D eigenvalue weighted by atomic mass is 16.5. The molecular formula is C25H27N3O3. The Hall–Kier alpha value is -3.41. The fourth-order valence-corrected chi connectivity index (χ4v) is 3.22. The van der Waals surface area contributed by atoms with Crippen LogP contribution in [0.25, 0.3) is 6.08 Å². The summed E-state index contributed by atoms with van der Waals surface area (Å²) in [6.07, 6.45) is 5.50. The van der Waals surface area contributed by atoms with E-state index in [4.69, 9.17) is 9.26 Å². The van der Waals surface area contributed by atoms with Crippen molar-refractivity contribution in [3.05, 3.63) is 83.5 Å². The van der Waals surface area contributed by atoms with Gasteiger partial charge >= 0.3 is 0 Å². The van der Waals surface area contributed by atoms with Gasteiger partial charge in [-0.2, -0.15) is 4.98 Å². The number of hydrogen-bond donors (Lipinski definition) is 1. The molecule has 1 aliphatic carbocycles. The number of aromatic nitrogens is 2. The van der Waals surface area contributed by atoms with E-state index in [9.17, 15) is 4.79 Å². The van der Waals surface area contributed by atoms with E-state index in [0.29, 0.717) is 18.4 Å². The van der Waals surface area contributed by atoms with Gasteiger partial charge in [-0.05, 0) is 48.1 Å². The van der Waals surface area contributed by atoms with Gasteiger partial charge in [0, 0.05) is 12.0 Å². The molecule has 0 saturated heterocycles. The highest BCUT2D eigenvalue weighted by molar-refractivity contribution is 5.92. The first-order valence-corrected chi connectivity index (χ1v) is 10.7. The molecule has 0 bridgehead atoms. The Morgan fingerprint density at radius 2 is 2.00 bits per heavy atom. The maximum absolute atomic E-state index is 12.5. The first-order chi connectivity index (χ1) is 15.1. The summed E-state index contributed by atoms with van der Waals surface area (Å²) in [6, 6.07) is 17.3. The average molecular weight is 418 g/mol. The molecule has 1 amide bonds. The number of ether oxygens (including phenoxy) is 1. The minimum Gasteiger partial charge on any atom is -0.489 e. The van der Waals surface area contributed by atoms with Gasteiger partial charge in [-0.15, -0.1) is 0 Å². The van der Waals surface area contributed by atoms with Crippen LogP contribution in [-0.2, 0) is 11.4 Å². The third-order valence-electron chi connectivity index (χ3n) is 5.16. The minimum atomic E-state index is -0.322. The lowest BCUT2D eigenvalue weighted by atomic mass is 10.0. The van der Waals surface area contributed by atoms with Crippen molar-refractivity contribution in [2.75, 3.05) is 0 Å². The summed E-state index contributed by atoms with van der Waals surface area (Å²) in [4.78, 5) is 17.0. The SMILES string of the molecule is CC(C)C(NC(=O)/C=C/c1cccc(OCc2ccccc2)c1)c1nc(C2CC2)no1. The first-order valence-electron chi connectivity index (χ1n) is 10.7. The zero-order valence-corrected chi connectivity index (χ0v) is 17.8. The predicted molar refractivity (Wildman–Crippen MR) is 118 cm³/mol. The van der Waals surface area contributed by atoms with E-state index in [1.165, 1.54) is 6.08 Å². The van der Waals surface area contributed by atoms with Crippen LogP contribution < -0.4 is 10.1 Å². The van der Waals surface area contributed by atoms with Gasteiger partial charge in [0.2, 0.25) is 11.8 Å². The number of rotatable bonds is 9. The Morgan fingerprint density at radius 3 is 2.74 bits per heavy atom. The van der Waals surface area contributed by atoms with Crippen LogP contribution in [0.5, 0.6) is 5.75 Å². The van der Waals surface area contributed by atoms with Crippen LogP contribution in [0.2, 0.25) is 0 Å². The molecule has 1 saturated carbocycles. The van der Waals surface area contributed by atoms with Crippen molar-refractivity contribution in [3.63, 3.8) is 0 Å². The molecule has 2 aromatic carbocycles. The molecule has 0 radical (unpaired) electrons. The van der Waals surface area contributed by atoms with E-state index < -0.39 is 0 Å². The molecule has 1 N–H and O–H groups in total. The van der Waals surface area contributed by atoms with Crippen molar-refractivity contribution in [1.29, 1.82) is 0 Å². The van der Waals surface area contributed by atoms with Crippen molar-refractivity contribution in [2.45, 2.75) is 45.3 Å². The fourth-order valence-electron chi connectivity index (χ4n) is 3.22. The predicted octanol–water partition coefficient (Wildman–Crippen LogP) is 5.05. The number of benzene rings is 2. The summed E-state index contributed by atoms with van der Waals surface area (Å²) in [6.45, 7) is 4.53. The Morgan fingerprint density at radius 1 is 1.19 bits per heavy atom. The monoisotopic (exact) mass is 417 g/mol. The zero-order chi connectivity index (χ0) is 21.6. The van der Waals surface area contributed by atoms with E-state index in [2.05, 4.69) is 15.5 Å². The second kappa shape index (κ2) is 9.60. The lowest BCUT2D eigenvalue weighted by molar-refractivity contribution is -0.117. The smallest absolute Gasteiger partial charge is 0.249 e. The maximum Gasteiger partial charge on any atom is 0.249 e. The molecule has 1 atom stereocenters. The normalized spacial score (nSPS) is 14.7. The quantitative estimate of drug-likeness (QED) is 0.493. The van der Waals surface area contributed by atoms with Crippen LogP contribution in [0.1, 0.15) is 61.5 Å². The van der Waals surface area contributed by atoms with Gasteiger partial charge in [0.15, 0.2) is 5.82 Å². The van der Waals surface area contributed by atoms with E-state index in [-0.39, 0.29) is 17.9 Å². The summed E-state index contributed by atoms with van der Waals surface area (Å²) in [5, 5.41) is 7.05. The molecule has 1 unspecified atom stereocenters. The molecule has 1 heterocycles. The molecule has 0 aliphatic heterocycles. The lowest BCUT2D eigenvalue weighted by Crippen LogP contribution is -2.30. The highest BCUT2D eigenvalue weighted by Crippen LogP contribution is 2.38. The second-order valence-electron chi connectivity index (χ2n) is 8.18. The van der Waals surface area contributed by atoms with Crippen LogP contribution in [0.4, 0.5) is 0 Å². The van der Waals surface area contributed by atoms with Crippen molar-refractivity contribution in [1.82, 2.24) is 15.5 Å². The maximum atomic E-state index is 12.5. The van der Waals surface area contributed by atoms with Crippen molar-refractivity contribution in [3.8, 4) is 5.75 Å². The molecule has 3 aromatic rings. The largest absolute Gasteiger partial charge is 0.489 e. The van der Waals surface area contributed by atoms with Crippen molar-refractivity contribution < 1.29 is 14.1 Å². The summed E-state index contributed by atoms with van der Waals surface area (Å²) >= 11 is 0. The Balaban J connectivity index is 1.36. The third kappa shape index (κ3) is 5.81. The van der Waals surface area contributed by atoms with Crippen LogP contribution >= 0.6 is 0 Å². The van der Waals surface area contributed by atoms with Crippen LogP contribution in [-0.4, -0.2) is 16.0 Å². The van der Waals surface area contributed by atoms with Gasteiger partial charge < -0.3 is 14.6 Å². The van der Waals surface area contributed by atoms with Crippen LogP contribution in [0, 0.1) is 5.92 Å². The van der Waals surface area contributed by atoms with Gasteiger partial charge in [-0.3, -0.25) is 4.79 Å². The van der Waals surface area contributed by atoms with Gasteiger partial charge in [-0.25, -0.2) is 0 Å². The molecule has 6 nitrogen and oxygen atoms in total. The minimum absolute atomic E-state index is 0.125. The number of amides is 1. The Bertz CT molecular complexity index is 1040. The number of nitrogens with one attached hydrogen (secondary N) is 1. The number of hydrogen-bond acceptors (Lipinski definition) is 5. The van der Waals surface area contributed by atoms with Crippen LogP contribution in [0.15, 0.2) is 65.2 Å². The summed E-state index contributed by atoms with van der Waals surface area (Å²) in [7, 11) is 0. The highest BCUT2D eigenvalue weighted by Gasteiger charge is 2.31. The van der Waals surface area contributed by atoms with Gasteiger partial charge in [0.1, 0.15) is 18.4 Å². The number of carbonyl (C=O) groups excluding carboxylic acids is 1. The first kappa shape index (κ1) is 20.8.